The molecule has 1 amide bonds. The first-order valence-corrected chi connectivity index (χ1v) is 6.10. The number of halogens is 1. The molecule has 2 rings (SSSR count). The van der Waals surface area contributed by atoms with Crippen LogP contribution in [0.2, 0.25) is 5.02 Å². The van der Waals surface area contributed by atoms with Crippen LogP contribution in [0.1, 0.15) is 28.5 Å². The van der Waals surface area contributed by atoms with Crippen LogP contribution in [0.4, 0.5) is 5.82 Å². The highest BCUT2D eigenvalue weighted by molar-refractivity contribution is 6.32. The van der Waals surface area contributed by atoms with Gasteiger partial charge in [0.15, 0.2) is 5.82 Å². The van der Waals surface area contributed by atoms with E-state index in [0.717, 1.165) is 17.7 Å². The van der Waals surface area contributed by atoms with E-state index < -0.39 is 0 Å². The predicted octanol–water partition coefficient (Wildman–Crippen LogP) is 3.19. The second-order valence-corrected chi connectivity index (χ2v) is 4.41. The van der Waals surface area contributed by atoms with Crippen LogP contribution in [0.5, 0.6) is 0 Å². The first-order valence-electron chi connectivity index (χ1n) is 5.72. The highest BCUT2D eigenvalue weighted by atomic mass is 35.5. The number of carbonyl (C=O) groups excluding carboxylic acids is 1. The fourth-order valence-electron chi connectivity index (χ4n) is 1.64. The van der Waals surface area contributed by atoms with Gasteiger partial charge in [0.1, 0.15) is 0 Å². The third kappa shape index (κ3) is 2.54. The third-order valence-corrected chi connectivity index (χ3v) is 3.18. The van der Waals surface area contributed by atoms with Gasteiger partial charge in [0.2, 0.25) is 0 Å². The molecule has 0 aliphatic rings. The average molecular weight is 264 g/mol. The molecule has 4 nitrogen and oxygen atoms in total. The molecule has 0 aliphatic carbocycles. The van der Waals surface area contributed by atoms with E-state index in [2.05, 4.69) is 15.5 Å². The van der Waals surface area contributed by atoms with Crippen LogP contribution in [0, 0.1) is 6.92 Å². The van der Waals surface area contributed by atoms with E-state index >= 15 is 0 Å². The number of carbonyl (C=O) groups is 1. The summed E-state index contributed by atoms with van der Waals surface area (Å²) in [6.45, 7) is 3.83. The second kappa shape index (κ2) is 5.23. The van der Waals surface area contributed by atoms with Crippen LogP contribution in [0.25, 0.3) is 0 Å². The summed E-state index contributed by atoms with van der Waals surface area (Å²) in [6.07, 6.45) is 0.846. The van der Waals surface area contributed by atoms with E-state index in [0.29, 0.717) is 16.4 Å². The van der Waals surface area contributed by atoms with Crippen LogP contribution in [-0.2, 0) is 6.42 Å². The van der Waals surface area contributed by atoms with E-state index in [4.69, 9.17) is 11.6 Å². The minimum atomic E-state index is -0.204. The van der Waals surface area contributed by atoms with Gasteiger partial charge < -0.3 is 5.32 Å². The number of amides is 1. The quantitative estimate of drug-likeness (QED) is 0.894. The minimum absolute atomic E-state index is 0.204. The van der Waals surface area contributed by atoms with E-state index in [1.165, 1.54) is 0 Å². The van der Waals surface area contributed by atoms with Crippen LogP contribution in [-0.4, -0.2) is 16.1 Å². The maximum atomic E-state index is 12.1. The van der Waals surface area contributed by atoms with Crippen LogP contribution in [0.3, 0.4) is 0 Å². The van der Waals surface area contributed by atoms with Gasteiger partial charge in [0.05, 0.1) is 0 Å². The van der Waals surface area contributed by atoms with Gasteiger partial charge in [-0.3, -0.25) is 9.89 Å². The second-order valence-electron chi connectivity index (χ2n) is 4.00. The fourth-order valence-corrected chi connectivity index (χ4v) is 1.82. The lowest BCUT2D eigenvalue weighted by Crippen LogP contribution is -2.13. The van der Waals surface area contributed by atoms with E-state index in [1.54, 1.807) is 18.2 Å². The van der Waals surface area contributed by atoms with Crippen LogP contribution >= 0.6 is 11.6 Å². The van der Waals surface area contributed by atoms with Gasteiger partial charge >= 0.3 is 0 Å². The number of rotatable bonds is 3. The Labute approximate surface area is 110 Å². The molecule has 0 fully saturated rings. The van der Waals surface area contributed by atoms with Gasteiger partial charge in [-0.2, -0.15) is 5.10 Å². The lowest BCUT2D eigenvalue weighted by atomic mass is 10.1. The average Bonchev–Trinajstić information content (AvgIpc) is 2.80. The van der Waals surface area contributed by atoms with Crippen molar-refractivity contribution in [2.75, 3.05) is 5.32 Å². The molecule has 1 aromatic carbocycles. The zero-order valence-corrected chi connectivity index (χ0v) is 11.0. The molecule has 18 heavy (non-hydrogen) atoms. The first-order chi connectivity index (χ1) is 8.61. The highest BCUT2D eigenvalue weighted by Crippen LogP contribution is 2.19. The summed E-state index contributed by atoms with van der Waals surface area (Å²) in [5.41, 5.74) is 2.31. The molecule has 94 valence electrons. The van der Waals surface area contributed by atoms with Crippen LogP contribution < -0.4 is 5.32 Å². The van der Waals surface area contributed by atoms with Crippen molar-refractivity contribution in [2.24, 2.45) is 0 Å². The Balaban J connectivity index is 2.19. The van der Waals surface area contributed by atoms with Gasteiger partial charge in [0.25, 0.3) is 5.91 Å². The van der Waals surface area contributed by atoms with Crippen molar-refractivity contribution in [1.82, 2.24) is 10.2 Å². The summed E-state index contributed by atoms with van der Waals surface area (Å²) in [5.74, 6) is 0.320. The molecule has 0 saturated carbocycles. The number of benzene rings is 1. The molecule has 0 atom stereocenters. The van der Waals surface area contributed by atoms with Gasteiger partial charge in [-0.25, -0.2) is 0 Å². The lowest BCUT2D eigenvalue weighted by Gasteiger charge is -2.06. The minimum Gasteiger partial charge on any atom is -0.305 e. The highest BCUT2D eigenvalue weighted by Gasteiger charge is 2.12. The third-order valence-electron chi connectivity index (χ3n) is 2.77. The molecule has 0 saturated heterocycles. The van der Waals surface area contributed by atoms with Crippen molar-refractivity contribution < 1.29 is 4.79 Å². The van der Waals surface area contributed by atoms with Crippen molar-refractivity contribution >= 4 is 23.3 Å². The van der Waals surface area contributed by atoms with Crippen molar-refractivity contribution in [1.29, 1.82) is 0 Å². The Kier molecular flexibility index (Phi) is 3.67. The molecule has 0 radical (unpaired) electrons. The Morgan fingerprint density at radius 1 is 1.50 bits per heavy atom. The topological polar surface area (TPSA) is 57.8 Å². The SMILES string of the molecule is CCc1cc(NC(=O)c2cccc(Cl)c2C)n[nH]1. The van der Waals surface area contributed by atoms with Gasteiger partial charge in [0, 0.05) is 22.3 Å². The standard InChI is InChI=1S/C13H14ClN3O/c1-3-9-7-12(17-16-9)15-13(18)10-5-4-6-11(14)8(10)2/h4-7H,3H2,1-2H3,(H2,15,16,17,18). The monoisotopic (exact) mass is 263 g/mol. The van der Waals surface area contributed by atoms with E-state index in [1.807, 2.05) is 19.9 Å². The van der Waals surface area contributed by atoms with Gasteiger partial charge in [-0.1, -0.05) is 24.6 Å². The number of hydrogen-bond acceptors (Lipinski definition) is 2. The summed E-state index contributed by atoms with van der Waals surface area (Å²) in [4.78, 5) is 12.1. The van der Waals surface area contributed by atoms with Gasteiger partial charge in [-0.15, -0.1) is 0 Å². The Morgan fingerprint density at radius 2 is 2.28 bits per heavy atom. The van der Waals surface area contributed by atoms with Crippen molar-refractivity contribution in [3.05, 3.63) is 46.1 Å². The van der Waals surface area contributed by atoms with Crippen molar-refractivity contribution in [3.63, 3.8) is 0 Å². The lowest BCUT2D eigenvalue weighted by molar-refractivity contribution is 0.102. The number of aromatic amines is 1. The number of aryl methyl sites for hydroxylation is 1. The van der Waals surface area contributed by atoms with Crippen molar-refractivity contribution in [2.45, 2.75) is 20.3 Å². The molecule has 0 unspecified atom stereocenters. The molecule has 1 aromatic heterocycles. The summed E-state index contributed by atoms with van der Waals surface area (Å²) in [5, 5.41) is 10.2. The molecule has 0 bridgehead atoms. The number of nitrogens with one attached hydrogen (secondary N) is 2. The Bertz CT molecular complexity index is 577. The summed E-state index contributed by atoms with van der Waals surface area (Å²) in [7, 11) is 0. The maximum Gasteiger partial charge on any atom is 0.257 e. The number of aromatic nitrogens is 2. The number of nitrogens with zero attached hydrogens (tertiary/aromatic N) is 1. The van der Waals surface area contributed by atoms with E-state index in [-0.39, 0.29) is 5.91 Å². The predicted molar refractivity (Wildman–Crippen MR) is 72.1 cm³/mol. The smallest absolute Gasteiger partial charge is 0.257 e. The number of hydrogen-bond donors (Lipinski definition) is 2. The maximum absolute atomic E-state index is 12.1. The Hall–Kier alpha value is -1.81. The largest absolute Gasteiger partial charge is 0.305 e. The zero-order valence-electron chi connectivity index (χ0n) is 10.2. The molecule has 0 aliphatic heterocycles. The summed E-state index contributed by atoms with van der Waals surface area (Å²) < 4.78 is 0. The molecule has 5 heteroatoms. The number of anilines is 1. The molecular weight excluding hydrogens is 250 g/mol. The normalized spacial score (nSPS) is 10.4. The fraction of sp³-hybridized carbons (Fsp3) is 0.231. The number of H-pyrrole nitrogens is 1. The summed E-state index contributed by atoms with van der Waals surface area (Å²) in [6, 6.07) is 7.07. The molecule has 2 N–H and O–H groups in total. The molecule has 1 heterocycles. The zero-order chi connectivity index (χ0) is 13.1. The van der Waals surface area contributed by atoms with Gasteiger partial charge in [-0.05, 0) is 31.0 Å². The molecule has 0 spiro atoms. The Morgan fingerprint density at radius 3 is 2.94 bits per heavy atom. The molecule has 2 aromatic rings. The van der Waals surface area contributed by atoms with Crippen molar-refractivity contribution in [3.8, 4) is 0 Å². The van der Waals surface area contributed by atoms with Crippen LogP contribution in [0.15, 0.2) is 24.3 Å². The van der Waals surface area contributed by atoms with E-state index in [9.17, 15) is 4.79 Å². The molecular formula is C13H14ClN3O. The summed E-state index contributed by atoms with van der Waals surface area (Å²) >= 11 is 5.99. The first kappa shape index (κ1) is 12.6.